The number of ether oxygens (including phenoxy) is 1. The molecule has 17 heavy (non-hydrogen) atoms. The smallest absolute Gasteiger partial charge is 0.143 e. The summed E-state index contributed by atoms with van der Waals surface area (Å²) in [7, 11) is 0. The van der Waals surface area contributed by atoms with Gasteiger partial charge in [0.25, 0.3) is 0 Å². The monoisotopic (exact) mass is 382 g/mol. The summed E-state index contributed by atoms with van der Waals surface area (Å²) in [5.74, 6) is 1.45. The lowest BCUT2D eigenvalue weighted by molar-refractivity contribution is 0.0361. The van der Waals surface area contributed by atoms with Crippen molar-refractivity contribution in [2.75, 3.05) is 23.9 Å². The third kappa shape index (κ3) is 3.13. The molecule has 0 saturated carbocycles. The van der Waals surface area contributed by atoms with Crippen molar-refractivity contribution >= 4 is 49.3 Å². The summed E-state index contributed by atoms with van der Waals surface area (Å²) in [5.41, 5.74) is 0. The van der Waals surface area contributed by atoms with E-state index in [0.717, 1.165) is 21.3 Å². The van der Waals surface area contributed by atoms with Crippen LogP contribution in [0.15, 0.2) is 21.2 Å². The van der Waals surface area contributed by atoms with Gasteiger partial charge in [-0.15, -0.1) is 11.6 Å². The van der Waals surface area contributed by atoms with Crippen LogP contribution in [0.2, 0.25) is 0 Å². The Balaban J connectivity index is 2.24. The molecule has 1 aromatic heterocycles. The second kappa shape index (κ2) is 5.87. The Morgan fingerprint density at radius 3 is 3.00 bits per heavy atom. The number of anilines is 1. The summed E-state index contributed by atoms with van der Waals surface area (Å²) in [4.78, 5) is 6.68. The zero-order valence-electron chi connectivity index (χ0n) is 9.37. The van der Waals surface area contributed by atoms with Crippen LogP contribution in [0.1, 0.15) is 6.92 Å². The molecule has 1 fully saturated rings. The van der Waals surface area contributed by atoms with Crippen molar-refractivity contribution in [2.24, 2.45) is 0 Å². The van der Waals surface area contributed by atoms with Crippen molar-refractivity contribution < 1.29 is 4.74 Å². The quantitative estimate of drug-likeness (QED) is 0.731. The molecule has 1 aliphatic heterocycles. The molecule has 1 aromatic rings. The van der Waals surface area contributed by atoms with Gasteiger partial charge in [0.05, 0.1) is 29.1 Å². The van der Waals surface area contributed by atoms with Crippen molar-refractivity contribution in [2.45, 2.75) is 19.1 Å². The Morgan fingerprint density at radius 1 is 1.59 bits per heavy atom. The zero-order chi connectivity index (χ0) is 12.4. The van der Waals surface area contributed by atoms with Gasteiger partial charge in [-0.05, 0) is 44.8 Å². The van der Waals surface area contributed by atoms with E-state index in [4.69, 9.17) is 16.3 Å². The molecule has 0 radical (unpaired) electrons. The molecule has 1 aliphatic rings. The SMILES string of the molecule is CC1COC(CCl)CN1c1ncc(Br)cc1Br. The fourth-order valence-electron chi connectivity index (χ4n) is 1.82. The summed E-state index contributed by atoms with van der Waals surface area (Å²) >= 11 is 12.8. The minimum Gasteiger partial charge on any atom is -0.373 e. The second-order valence-corrected chi connectivity index (χ2v) is 6.15. The summed E-state index contributed by atoms with van der Waals surface area (Å²) in [6.45, 7) is 3.58. The molecule has 2 heterocycles. The zero-order valence-corrected chi connectivity index (χ0v) is 13.3. The topological polar surface area (TPSA) is 25.4 Å². The van der Waals surface area contributed by atoms with Crippen LogP contribution in [0.4, 0.5) is 5.82 Å². The molecule has 0 spiro atoms. The highest BCUT2D eigenvalue weighted by atomic mass is 79.9. The van der Waals surface area contributed by atoms with Gasteiger partial charge in [-0.1, -0.05) is 0 Å². The number of hydrogen-bond acceptors (Lipinski definition) is 3. The molecular formula is C11H13Br2ClN2O. The maximum absolute atomic E-state index is 5.85. The van der Waals surface area contributed by atoms with E-state index in [9.17, 15) is 0 Å². The fourth-order valence-corrected chi connectivity index (χ4v) is 3.23. The average Bonchev–Trinajstić information content (AvgIpc) is 2.30. The van der Waals surface area contributed by atoms with Gasteiger partial charge >= 0.3 is 0 Å². The van der Waals surface area contributed by atoms with Crippen molar-refractivity contribution in [1.82, 2.24) is 4.98 Å². The average molecular weight is 384 g/mol. The number of halogens is 3. The minimum absolute atomic E-state index is 0.0743. The Hall–Kier alpha value is 0.160. The third-order valence-electron chi connectivity index (χ3n) is 2.74. The first kappa shape index (κ1) is 13.6. The molecule has 0 bridgehead atoms. The maximum atomic E-state index is 5.85. The van der Waals surface area contributed by atoms with E-state index >= 15 is 0 Å². The number of alkyl halides is 1. The largest absolute Gasteiger partial charge is 0.373 e. The number of aromatic nitrogens is 1. The molecule has 0 aliphatic carbocycles. The van der Waals surface area contributed by atoms with Crippen LogP contribution in [0.3, 0.4) is 0 Å². The summed E-state index contributed by atoms with van der Waals surface area (Å²) < 4.78 is 7.57. The molecule has 0 aromatic carbocycles. The summed E-state index contributed by atoms with van der Waals surface area (Å²) in [6, 6.07) is 2.31. The van der Waals surface area contributed by atoms with Crippen LogP contribution < -0.4 is 4.90 Å². The predicted molar refractivity (Wildman–Crippen MR) is 76.9 cm³/mol. The van der Waals surface area contributed by atoms with Gasteiger partial charge in [-0.2, -0.15) is 0 Å². The number of nitrogens with zero attached hydrogens (tertiary/aromatic N) is 2. The van der Waals surface area contributed by atoms with Crippen molar-refractivity contribution in [1.29, 1.82) is 0 Å². The Kier molecular flexibility index (Phi) is 4.69. The number of morpholine rings is 1. The fraction of sp³-hybridized carbons (Fsp3) is 0.545. The molecule has 0 amide bonds. The molecule has 0 N–H and O–H groups in total. The third-order valence-corrected chi connectivity index (χ3v) is 4.10. The minimum atomic E-state index is 0.0743. The van der Waals surface area contributed by atoms with Gasteiger partial charge in [0.15, 0.2) is 0 Å². The number of rotatable bonds is 2. The molecule has 6 heteroatoms. The van der Waals surface area contributed by atoms with Crippen LogP contribution in [-0.4, -0.2) is 36.2 Å². The van der Waals surface area contributed by atoms with Gasteiger partial charge < -0.3 is 9.64 Å². The van der Waals surface area contributed by atoms with Gasteiger partial charge in [0.1, 0.15) is 5.82 Å². The lowest BCUT2D eigenvalue weighted by atomic mass is 10.2. The molecular weight excluding hydrogens is 371 g/mol. The maximum Gasteiger partial charge on any atom is 0.143 e. The first-order chi connectivity index (χ1) is 8.11. The van der Waals surface area contributed by atoms with E-state index in [1.54, 1.807) is 6.20 Å². The highest BCUT2D eigenvalue weighted by Gasteiger charge is 2.27. The number of hydrogen-bond donors (Lipinski definition) is 0. The molecule has 2 unspecified atom stereocenters. The van der Waals surface area contributed by atoms with Crippen LogP contribution in [-0.2, 0) is 4.74 Å². The lowest BCUT2D eigenvalue weighted by Crippen LogP contribution is -2.49. The van der Waals surface area contributed by atoms with Gasteiger partial charge in [-0.25, -0.2) is 4.98 Å². The van der Waals surface area contributed by atoms with E-state index < -0.39 is 0 Å². The Morgan fingerprint density at radius 2 is 2.35 bits per heavy atom. The normalized spacial score (nSPS) is 25.1. The Bertz CT molecular complexity index is 405. The van der Waals surface area contributed by atoms with E-state index in [1.165, 1.54) is 0 Å². The summed E-state index contributed by atoms with van der Waals surface area (Å²) in [5, 5.41) is 0. The molecule has 1 saturated heterocycles. The van der Waals surface area contributed by atoms with E-state index in [0.29, 0.717) is 18.5 Å². The second-order valence-electron chi connectivity index (χ2n) is 4.07. The molecule has 3 nitrogen and oxygen atoms in total. The molecule has 2 atom stereocenters. The van der Waals surface area contributed by atoms with Gasteiger partial charge in [-0.3, -0.25) is 0 Å². The van der Waals surface area contributed by atoms with Gasteiger partial charge in [0, 0.05) is 17.2 Å². The summed E-state index contributed by atoms with van der Waals surface area (Å²) in [6.07, 6.45) is 1.88. The van der Waals surface area contributed by atoms with E-state index in [1.807, 2.05) is 6.07 Å². The van der Waals surface area contributed by atoms with Crippen LogP contribution >= 0.6 is 43.5 Å². The van der Waals surface area contributed by atoms with Crippen molar-refractivity contribution in [3.63, 3.8) is 0 Å². The lowest BCUT2D eigenvalue weighted by Gasteiger charge is -2.38. The predicted octanol–water partition coefficient (Wildman–Crippen LogP) is 3.44. The van der Waals surface area contributed by atoms with Gasteiger partial charge in [0.2, 0.25) is 0 Å². The molecule has 94 valence electrons. The van der Waals surface area contributed by atoms with Crippen LogP contribution in [0.25, 0.3) is 0 Å². The standard InChI is InChI=1S/C11H13Br2ClN2O/c1-7-6-17-9(3-14)5-16(7)11-10(13)2-8(12)4-15-11/h2,4,7,9H,3,5-6H2,1H3. The molecule has 2 rings (SSSR count). The van der Waals surface area contributed by atoms with Crippen molar-refractivity contribution in [3.8, 4) is 0 Å². The number of pyridine rings is 1. The highest BCUT2D eigenvalue weighted by Crippen LogP contribution is 2.29. The highest BCUT2D eigenvalue weighted by molar-refractivity contribution is 9.11. The van der Waals surface area contributed by atoms with Crippen LogP contribution in [0.5, 0.6) is 0 Å². The van der Waals surface area contributed by atoms with Crippen molar-refractivity contribution in [3.05, 3.63) is 21.2 Å². The van der Waals surface area contributed by atoms with E-state index in [2.05, 4.69) is 48.7 Å². The van der Waals surface area contributed by atoms with E-state index in [-0.39, 0.29) is 6.10 Å². The Labute approximate surface area is 123 Å². The van der Waals surface area contributed by atoms with Crippen LogP contribution in [0, 0.1) is 0 Å². The first-order valence-corrected chi connectivity index (χ1v) is 7.49. The first-order valence-electron chi connectivity index (χ1n) is 5.37.